The van der Waals surface area contributed by atoms with Crippen molar-refractivity contribution in [2.24, 2.45) is 5.92 Å². The van der Waals surface area contributed by atoms with Crippen molar-refractivity contribution >= 4 is 6.03 Å². The highest BCUT2D eigenvalue weighted by Crippen LogP contribution is 2.33. The van der Waals surface area contributed by atoms with Crippen LogP contribution < -0.4 is 5.32 Å². The quantitative estimate of drug-likeness (QED) is 0.675. The smallest absolute Gasteiger partial charge is 0.323 e. The van der Waals surface area contributed by atoms with Gasteiger partial charge in [-0.15, -0.1) is 0 Å². The predicted molar refractivity (Wildman–Crippen MR) is 64.4 cm³/mol. The second kappa shape index (κ2) is 6.12. The average molecular weight is 223 g/mol. The molecular weight excluding hydrogens is 200 g/mol. The lowest BCUT2D eigenvalue weighted by Crippen LogP contribution is -2.37. The molecule has 1 aliphatic heterocycles. The van der Waals surface area contributed by atoms with Crippen LogP contribution in [0.5, 0.6) is 0 Å². The van der Waals surface area contributed by atoms with E-state index in [0.29, 0.717) is 0 Å². The fraction of sp³-hybridized carbons (Fsp3) is 0.923. The van der Waals surface area contributed by atoms with Crippen molar-refractivity contribution in [3.63, 3.8) is 0 Å². The molecule has 1 saturated carbocycles. The average Bonchev–Trinajstić information content (AvgIpc) is 3.10. The molecule has 0 aromatic rings. The Morgan fingerprint density at radius 2 is 1.81 bits per heavy atom. The fourth-order valence-corrected chi connectivity index (χ4v) is 2.32. The molecule has 0 atom stereocenters. The van der Waals surface area contributed by atoms with Gasteiger partial charge in [0.2, 0.25) is 0 Å². The molecule has 0 unspecified atom stereocenters. The third-order valence-electron chi connectivity index (χ3n) is 3.59. The van der Waals surface area contributed by atoms with Gasteiger partial charge in [0.05, 0.1) is 0 Å². The van der Waals surface area contributed by atoms with Crippen LogP contribution in [0.3, 0.4) is 0 Å². The number of rotatable bonds is 4. The van der Waals surface area contributed by atoms with Gasteiger partial charge < -0.3 is 4.90 Å². The van der Waals surface area contributed by atoms with E-state index in [-0.39, 0.29) is 6.03 Å². The van der Waals surface area contributed by atoms with Crippen LogP contribution in [-0.4, -0.2) is 30.6 Å². The van der Waals surface area contributed by atoms with Crippen molar-refractivity contribution in [2.75, 3.05) is 19.6 Å². The Kier molecular flexibility index (Phi) is 4.49. The fourth-order valence-electron chi connectivity index (χ4n) is 2.32. The van der Waals surface area contributed by atoms with E-state index in [1.807, 2.05) is 4.90 Å². The number of amides is 2. The summed E-state index contributed by atoms with van der Waals surface area (Å²) in [6.45, 7) is 2.59. The highest BCUT2D eigenvalue weighted by molar-refractivity contribution is 5.73. The van der Waals surface area contributed by atoms with Crippen molar-refractivity contribution in [1.29, 1.82) is 0 Å². The second-order valence-electron chi connectivity index (χ2n) is 5.15. The largest absolute Gasteiger partial charge is 0.338 e. The van der Waals surface area contributed by atoms with E-state index in [2.05, 4.69) is 5.32 Å². The Balaban J connectivity index is 1.57. The van der Waals surface area contributed by atoms with E-state index in [1.54, 1.807) is 0 Å². The summed E-state index contributed by atoms with van der Waals surface area (Å²) in [4.78, 5) is 13.7. The molecule has 1 heterocycles. The first kappa shape index (κ1) is 11.7. The zero-order valence-corrected chi connectivity index (χ0v) is 10.2. The third-order valence-corrected chi connectivity index (χ3v) is 3.59. The van der Waals surface area contributed by atoms with Crippen LogP contribution >= 0.6 is 0 Å². The standard InChI is InChI=1S/C13H23N2O/c16-13(14-9-5-6-12-7-8-12)15-10-3-1-2-4-11-15/h12H,1-11H2. The van der Waals surface area contributed by atoms with Gasteiger partial charge in [0.1, 0.15) is 0 Å². The highest BCUT2D eigenvalue weighted by Gasteiger charge is 2.21. The number of hydrogen-bond donors (Lipinski definition) is 0. The molecule has 2 fully saturated rings. The molecule has 2 aliphatic rings. The van der Waals surface area contributed by atoms with Gasteiger partial charge in [-0.3, -0.25) is 0 Å². The summed E-state index contributed by atoms with van der Waals surface area (Å²) in [5, 5.41) is 4.18. The van der Waals surface area contributed by atoms with Gasteiger partial charge in [-0.05, 0) is 31.6 Å². The van der Waals surface area contributed by atoms with Crippen LogP contribution in [0.4, 0.5) is 4.79 Å². The zero-order chi connectivity index (χ0) is 11.2. The van der Waals surface area contributed by atoms with Crippen LogP contribution in [0.25, 0.3) is 0 Å². The third kappa shape index (κ3) is 4.03. The second-order valence-corrected chi connectivity index (χ2v) is 5.15. The van der Waals surface area contributed by atoms with Crippen LogP contribution in [0, 0.1) is 5.92 Å². The summed E-state index contributed by atoms with van der Waals surface area (Å²) in [6, 6.07) is 0.0395. The van der Waals surface area contributed by atoms with E-state index >= 15 is 0 Å². The SMILES string of the molecule is O=C([N]CCCC1CC1)N1CCCCCC1. The van der Waals surface area contributed by atoms with Crippen molar-refractivity contribution in [1.82, 2.24) is 10.2 Å². The topological polar surface area (TPSA) is 34.4 Å². The number of carbonyl (C=O) groups is 1. The van der Waals surface area contributed by atoms with E-state index in [9.17, 15) is 4.79 Å². The molecule has 3 heteroatoms. The molecule has 2 amide bonds. The van der Waals surface area contributed by atoms with Crippen LogP contribution in [0.2, 0.25) is 0 Å². The van der Waals surface area contributed by atoms with E-state index in [0.717, 1.165) is 44.8 Å². The summed E-state index contributed by atoms with van der Waals surface area (Å²) in [5.74, 6) is 0.962. The molecule has 16 heavy (non-hydrogen) atoms. The van der Waals surface area contributed by atoms with Crippen molar-refractivity contribution in [2.45, 2.75) is 51.4 Å². The lowest BCUT2D eigenvalue weighted by atomic mass is 10.2. The van der Waals surface area contributed by atoms with Gasteiger partial charge in [-0.25, -0.2) is 10.1 Å². The van der Waals surface area contributed by atoms with E-state index in [1.165, 1.54) is 32.1 Å². The predicted octanol–water partition coefficient (Wildman–Crippen LogP) is 2.78. The number of carbonyl (C=O) groups excluding carboxylic acids is 1. The molecule has 91 valence electrons. The van der Waals surface area contributed by atoms with Gasteiger partial charge in [0, 0.05) is 19.6 Å². The molecule has 1 radical (unpaired) electrons. The summed E-state index contributed by atoms with van der Waals surface area (Å²) in [6.07, 6.45) is 10.0. The number of nitrogens with zero attached hydrogens (tertiary/aromatic N) is 2. The monoisotopic (exact) mass is 223 g/mol. The molecule has 0 aromatic carbocycles. The van der Waals surface area contributed by atoms with Gasteiger partial charge in [-0.2, -0.15) is 0 Å². The maximum atomic E-state index is 11.8. The first-order valence-corrected chi connectivity index (χ1v) is 6.82. The minimum absolute atomic E-state index is 0.0395. The van der Waals surface area contributed by atoms with Gasteiger partial charge in [0.15, 0.2) is 0 Å². The Bertz CT molecular complexity index is 218. The number of hydrogen-bond acceptors (Lipinski definition) is 1. The van der Waals surface area contributed by atoms with Crippen molar-refractivity contribution in [3.8, 4) is 0 Å². The molecule has 0 aromatic heterocycles. The minimum atomic E-state index is 0.0395. The number of urea groups is 1. The Morgan fingerprint density at radius 3 is 2.44 bits per heavy atom. The Hall–Kier alpha value is -0.730. The molecule has 1 aliphatic carbocycles. The Labute approximate surface area is 98.6 Å². The van der Waals surface area contributed by atoms with Gasteiger partial charge in [-0.1, -0.05) is 25.7 Å². The van der Waals surface area contributed by atoms with Crippen molar-refractivity contribution < 1.29 is 4.79 Å². The highest BCUT2D eigenvalue weighted by atomic mass is 16.2. The summed E-state index contributed by atoms with van der Waals surface area (Å²) >= 11 is 0. The first-order valence-electron chi connectivity index (χ1n) is 6.82. The minimum Gasteiger partial charge on any atom is -0.323 e. The number of likely N-dealkylation sites (tertiary alicyclic amines) is 1. The van der Waals surface area contributed by atoms with Crippen LogP contribution in [0.1, 0.15) is 51.4 Å². The van der Waals surface area contributed by atoms with Crippen LogP contribution in [-0.2, 0) is 0 Å². The maximum absolute atomic E-state index is 11.8. The molecule has 0 spiro atoms. The summed E-state index contributed by atoms with van der Waals surface area (Å²) < 4.78 is 0. The molecule has 0 bridgehead atoms. The normalized spacial score (nSPS) is 21.6. The van der Waals surface area contributed by atoms with Crippen molar-refractivity contribution in [3.05, 3.63) is 0 Å². The summed E-state index contributed by atoms with van der Waals surface area (Å²) in [7, 11) is 0. The molecule has 0 N–H and O–H groups in total. The lowest BCUT2D eigenvalue weighted by molar-refractivity contribution is 0.198. The van der Waals surface area contributed by atoms with Crippen LogP contribution in [0.15, 0.2) is 0 Å². The van der Waals surface area contributed by atoms with Gasteiger partial charge >= 0.3 is 6.03 Å². The molecule has 3 nitrogen and oxygen atoms in total. The van der Waals surface area contributed by atoms with Gasteiger partial charge in [0.25, 0.3) is 0 Å². The lowest BCUT2D eigenvalue weighted by Gasteiger charge is -2.19. The Morgan fingerprint density at radius 1 is 1.12 bits per heavy atom. The summed E-state index contributed by atoms with van der Waals surface area (Å²) in [5.41, 5.74) is 0. The maximum Gasteiger partial charge on any atom is 0.338 e. The molecule has 1 saturated heterocycles. The molecular formula is C13H23N2O. The zero-order valence-electron chi connectivity index (χ0n) is 10.2. The van der Waals surface area contributed by atoms with E-state index < -0.39 is 0 Å². The van der Waals surface area contributed by atoms with E-state index in [4.69, 9.17) is 0 Å². The molecule has 2 rings (SSSR count). The first-order chi connectivity index (χ1) is 7.86.